The van der Waals surface area contributed by atoms with E-state index in [0.717, 1.165) is 0 Å². The molecular weight excluding hydrogens is 278 g/mol. The van der Waals surface area contributed by atoms with Crippen LogP contribution in [0.1, 0.15) is 48.0 Å². The van der Waals surface area contributed by atoms with Gasteiger partial charge in [0.05, 0.1) is 0 Å². The molecule has 0 aromatic heterocycles. The van der Waals surface area contributed by atoms with Crippen LogP contribution in [0.15, 0.2) is 0 Å². The number of carbonyl (C=O) groups is 3. The van der Waals surface area contributed by atoms with Gasteiger partial charge in [0, 0.05) is 19.9 Å². The monoisotopic (exact) mass is 301 g/mol. The van der Waals surface area contributed by atoms with Gasteiger partial charge >= 0.3 is 18.0 Å². The summed E-state index contributed by atoms with van der Waals surface area (Å²) in [5.74, 6) is -3.57. The minimum atomic E-state index is -1.24. The quantitative estimate of drug-likeness (QED) is 0.630. The van der Waals surface area contributed by atoms with E-state index in [1.807, 2.05) is 0 Å². The smallest absolute Gasteiger partial charge is 0.407 e. The van der Waals surface area contributed by atoms with Crippen molar-refractivity contribution in [1.29, 1.82) is 0 Å². The van der Waals surface area contributed by atoms with Crippen molar-refractivity contribution >= 4 is 18.0 Å². The Morgan fingerprint density at radius 1 is 1.29 bits per heavy atom. The molecule has 1 rings (SSSR count). The largest absolute Gasteiger partial charge is 0.444 e. The average Bonchev–Trinajstić information content (AvgIpc) is 2.18. The summed E-state index contributed by atoms with van der Waals surface area (Å²) in [5.41, 5.74) is -0.615. The van der Waals surface area contributed by atoms with Gasteiger partial charge in [0.1, 0.15) is 5.60 Å². The molecule has 21 heavy (non-hydrogen) atoms. The molecule has 0 radical (unpaired) electrons. The molecule has 0 saturated carbocycles. The van der Waals surface area contributed by atoms with Crippen LogP contribution in [0.4, 0.5) is 4.79 Å². The summed E-state index contributed by atoms with van der Waals surface area (Å²) in [5, 5.41) is 2.57. The molecule has 1 amide bonds. The Kier molecular flexibility index (Phi) is 4.86. The molecule has 120 valence electrons. The van der Waals surface area contributed by atoms with Crippen LogP contribution in [0, 0.1) is 5.92 Å². The van der Waals surface area contributed by atoms with Crippen LogP contribution >= 0.6 is 0 Å². The zero-order chi connectivity index (χ0) is 16.4. The number of rotatable bonds is 3. The number of hydrogen-bond donors (Lipinski definition) is 1. The summed E-state index contributed by atoms with van der Waals surface area (Å²) in [7, 11) is 0. The number of nitrogens with one attached hydrogen (secondary N) is 1. The summed E-state index contributed by atoms with van der Waals surface area (Å²) in [6.45, 7) is 9.88. The molecule has 1 aliphatic heterocycles. The SMILES string of the molecule is C[C@@H](CC1C(=O)OC(C)(C)OC1=O)NC(=O)OC(C)(C)C. The van der Waals surface area contributed by atoms with E-state index in [1.54, 1.807) is 27.7 Å². The second kappa shape index (κ2) is 5.91. The van der Waals surface area contributed by atoms with Gasteiger partial charge in [0.2, 0.25) is 0 Å². The van der Waals surface area contributed by atoms with E-state index < -0.39 is 41.4 Å². The average molecular weight is 301 g/mol. The van der Waals surface area contributed by atoms with E-state index in [0.29, 0.717) is 0 Å². The number of cyclic esters (lactones) is 2. The number of carbonyl (C=O) groups excluding carboxylic acids is 3. The lowest BCUT2D eigenvalue weighted by Crippen LogP contribution is -2.48. The van der Waals surface area contributed by atoms with E-state index in [-0.39, 0.29) is 6.42 Å². The maximum absolute atomic E-state index is 11.8. The lowest BCUT2D eigenvalue weighted by Gasteiger charge is -2.33. The molecule has 0 aliphatic carbocycles. The molecule has 1 fully saturated rings. The van der Waals surface area contributed by atoms with Gasteiger partial charge in [0.15, 0.2) is 5.92 Å². The molecule has 1 N–H and O–H groups in total. The fourth-order valence-electron chi connectivity index (χ4n) is 1.86. The third kappa shape index (κ3) is 5.61. The van der Waals surface area contributed by atoms with Crippen molar-refractivity contribution in [2.45, 2.75) is 65.4 Å². The van der Waals surface area contributed by atoms with Crippen LogP contribution in [0.2, 0.25) is 0 Å². The minimum Gasteiger partial charge on any atom is -0.444 e. The fraction of sp³-hybridized carbons (Fsp3) is 0.786. The highest BCUT2D eigenvalue weighted by molar-refractivity contribution is 5.96. The van der Waals surface area contributed by atoms with E-state index >= 15 is 0 Å². The molecule has 0 aromatic rings. The van der Waals surface area contributed by atoms with Gasteiger partial charge < -0.3 is 19.5 Å². The number of ether oxygens (including phenoxy) is 3. The molecule has 0 spiro atoms. The van der Waals surface area contributed by atoms with E-state index in [9.17, 15) is 14.4 Å². The van der Waals surface area contributed by atoms with Gasteiger partial charge in [-0.1, -0.05) is 0 Å². The lowest BCUT2D eigenvalue weighted by molar-refractivity contribution is -0.240. The normalized spacial score (nSPS) is 20.3. The Hall–Kier alpha value is -1.79. The standard InChI is InChI=1S/C14H23NO6/c1-8(15-12(18)21-13(2,3)4)7-9-10(16)19-14(5,6)20-11(9)17/h8-9H,7H2,1-6H3,(H,15,18)/t8-/m0/s1. The Morgan fingerprint density at radius 3 is 2.19 bits per heavy atom. The van der Waals surface area contributed by atoms with Crippen molar-refractivity contribution in [3.63, 3.8) is 0 Å². The highest BCUT2D eigenvalue weighted by atomic mass is 16.7. The van der Waals surface area contributed by atoms with Gasteiger partial charge in [-0.2, -0.15) is 0 Å². The van der Waals surface area contributed by atoms with Crippen molar-refractivity contribution < 1.29 is 28.6 Å². The molecule has 7 heteroatoms. The van der Waals surface area contributed by atoms with Crippen LogP contribution in [0.5, 0.6) is 0 Å². The summed E-state index contributed by atoms with van der Waals surface area (Å²) < 4.78 is 15.1. The second-order valence-corrected chi connectivity index (χ2v) is 6.58. The molecule has 1 saturated heterocycles. The molecule has 1 heterocycles. The molecular formula is C14H23NO6. The zero-order valence-electron chi connectivity index (χ0n) is 13.3. The second-order valence-electron chi connectivity index (χ2n) is 6.58. The number of hydrogen-bond acceptors (Lipinski definition) is 6. The summed E-state index contributed by atoms with van der Waals surface area (Å²) in [6, 6.07) is -0.439. The van der Waals surface area contributed by atoms with Crippen LogP contribution in [-0.4, -0.2) is 35.5 Å². The predicted octanol–water partition coefficient (Wildman–Crippen LogP) is 1.74. The van der Waals surface area contributed by atoms with Crippen LogP contribution in [-0.2, 0) is 23.8 Å². The summed E-state index contributed by atoms with van der Waals surface area (Å²) in [6.07, 6.45) is -0.514. The van der Waals surface area contributed by atoms with Gasteiger partial charge in [-0.15, -0.1) is 0 Å². The van der Waals surface area contributed by atoms with Crippen LogP contribution < -0.4 is 5.32 Å². The van der Waals surface area contributed by atoms with Crippen molar-refractivity contribution in [1.82, 2.24) is 5.32 Å². The van der Waals surface area contributed by atoms with Crippen molar-refractivity contribution in [3.8, 4) is 0 Å². The Balaban J connectivity index is 2.55. The van der Waals surface area contributed by atoms with E-state index in [1.165, 1.54) is 13.8 Å². The topological polar surface area (TPSA) is 90.9 Å². The predicted molar refractivity (Wildman–Crippen MR) is 73.2 cm³/mol. The minimum absolute atomic E-state index is 0.0903. The Morgan fingerprint density at radius 2 is 1.76 bits per heavy atom. The first-order valence-electron chi connectivity index (χ1n) is 6.85. The summed E-state index contributed by atoms with van der Waals surface area (Å²) in [4.78, 5) is 35.2. The molecule has 0 unspecified atom stereocenters. The third-order valence-corrected chi connectivity index (χ3v) is 2.61. The molecule has 1 aliphatic rings. The van der Waals surface area contributed by atoms with Crippen molar-refractivity contribution in [2.24, 2.45) is 5.92 Å². The maximum atomic E-state index is 11.8. The third-order valence-electron chi connectivity index (χ3n) is 2.61. The van der Waals surface area contributed by atoms with Gasteiger partial charge in [-0.05, 0) is 34.1 Å². The highest BCUT2D eigenvalue weighted by Gasteiger charge is 2.43. The first-order valence-corrected chi connectivity index (χ1v) is 6.85. The van der Waals surface area contributed by atoms with Gasteiger partial charge in [-0.25, -0.2) is 4.79 Å². The maximum Gasteiger partial charge on any atom is 0.407 e. The van der Waals surface area contributed by atoms with E-state index in [2.05, 4.69) is 5.32 Å². The molecule has 0 aromatic carbocycles. The number of esters is 2. The zero-order valence-corrected chi connectivity index (χ0v) is 13.3. The molecule has 0 bridgehead atoms. The number of alkyl carbamates (subject to hydrolysis) is 1. The van der Waals surface area contributed by atoms with Crippen LogP contribution in [0.3, 0.4) is 0 Å². The highest BCUT2D eigenvalue weighted by Crippen LogP contribution is 2.25. The Bertz CT molecular complexity index is 417. The van der Waals surface area contributed by atoms with E-state index in [4.69, 9.17) is 14.2 Å². The van der Waals surface area contributed by atoms with Gasteiger partial charge in [-0.3, -0.25) is 9.59 Å². The van der Waals surface area contributed by atoms with Crippen molar-refractivity contribution in [2.75, 3.05) is 0 Å². The van der Waals surface area contributed by atoms with Crippen LogP contribution in [0.25, 0.3) is 0 Å². The number of amides is 1. The molecule has 1 atom stereocenters. The lowest BCUT2D eigenvalue weighted by atomic mass is 10.00. The Labute approximate surface area is 124 Å². The molecule has 7 nitrogen and oxygen atoms in total. The first kappa shape index (κ1) is 17.3. The first-order chi connectivity index (χ1) is 9.39. The van der Waals surface area contributed by atoms with Gasteiger partial charge in [0.25, 0.3) is 5.79 Å². The fourth-order valence-corrected chi connectivity index (χ4v) is 1.86. The summed E-state index contributed by atoms with van der Waals surface area (Å²) >= 11 is 0. The van der Waals surface area contributed by atoms with Crippen molar-refractivity contribution in [3.05, 3.63) is 0 Å².